The van der Waals surface area contributed by atoms with Crippen LogP contribution in [-0.4, -0.2) is 54.9 Å². The molecule has 0 spiro atoms. The first-order chi connectivity index (χ1) is 12.6. The van der Waals surface area contributed by atoms with Crippen molar-refractivity contribution in [2.75, 3.05) is 33.3 Å². The van der Waals surface area contributed by atoms with Crippen molar-refractivity contribution < 1.29 is 14.3 Å². The standard InChI is InChI=1S/C21H32N2O3/c1-4-5-6-7-8-9-20(24)22-12-14-23(15-13-22)21(25)18-11-10-17(2)19(16-18)26-3/h10-11,16H,4-9,12-15H2,1-3H3. The Morgan fingerprint density at radius 3 is 2.31 bits per heavy atom. The lowest BCUT2D eigenvalue weighted by atomic mass is 10.1. The van der Waals surface area contributed by atoms with Crippen LogP contribution in [0.1, 0.15) is 61.4 Å². The quantitative estimate of drug-likeness (QED) is 0.665. The van der Waals surface area contributed by atoms with Crippen molar-refractivity contribution >= 4 is 11.8 Å². The van der Waals surface area contributed by atoms with E-state index >= 15 is 0 Å². The molecule has 5 heteroatoms. The number of carbonyl (C=O) groups is 2. The lowest BCUT2D eigenvalue weighted by molar-refractivity contribution is -0.132. The molecule has 5 nitrogen and oxygen atoms in total. The summed E-state index contributed by atoms with van der Waals surface area (Å²) < 4.78 is 5.31. The topological polar surface area (TPSA) is 49.9 Å². The number of carbonyl (C=O) groups excluding carboxylic acids is 2. The zero-order chi connectivity index (χ0) is 18.9. The lowest BCUT2D eigenvalue weighted by Crippen LogP contribution is -2.50. The van der Waals surface area contributed by atoms with Crippen molar-refractivity contribution in [3.8, 4) is 5.75 Å². The van der Waals surface area contributed by atoms with E-state index < -0.39 is 0 Å². The van der Waals surface area contributed by atoms with E-state index in [1.807, 2.05) is 28.9 Å². The number of aryl methyl sites for hydroxylation is 1. The molecule has 0 aromatic heterocycles. The van der Waals surface area contributed by atoms with Crippen molar-refractivity contribution in [1.82, 2.24) is 9.80 Å². The molecule has 0 N–H and O–H groups in total. The number of benzene rings is 1. The SMILES string of the molecule is CCCCCCCC(=O)N1CCN(C(=O)c2ccc(C)c(OC)c2)CC1. The smallest absolute Gasteiger partial charge is 0.254 e. The van der Waals surface area contributed by atoms with Gasteiger partial charge in [-0.3, -0.25) is 9.59 Å². The van der Waals surface area contributed by atoms with Crippen molar-refractivity contribution in [3.05, 3.63) is 29.3 Å². The molecule has 144 valence electrons. The molecule has 2 rings (SSSR count). The van der Waals surface area contributed by atoms with Crippen LogP contribution in [0.3, 0.4) is 0 Å². The highest BCUT2D eigenvalue weighted by Crippen LogP contribution is 2.20. The largest absolute Gasteiger partial charge is 0.496 e. The third kappa shape index (κ3) is 5.48. The minimum absolute atomic E-state index is 0.00923. The number of piperazine rings is 1. The van der Waals surface area contributed by atoms with E-state index in [-0.39, 0.29) is 11.8 Å². The maximum Gasteiger partial charge on any atom is 0.254 e. The summed E-state index contributed by atoms with van der Waals surface area (Å²) in [5.74, 6) is 0.966. The summed E-state index contributed by atoms with van der Waals surface area (Å²) in [7, 11) is 1.61. The zero-order valence-electron chi connectivity index (χ0n) is 16.4. The van der Waals surface area contributed by atoms with Crippen LogP contribution in [0.4, 0.5) is 0 Å². The van der Waals surface area contributed by atoms with Crippen molar-refractivity contribution in [1.29, 1.82) is 0 Å². The molecule has 0 bridgehead atoms. The predicted molar refractivity (Wildman–Crippen MR) is 104 cm³/mol. The normalized spacial score (nSPS) is 14.4. The van der Waals surface area contributed by atoms with Crippen molar-refractivity contribution in [2.45, 2.75) is 52.4 Å². The number of amides is 2. The summed E-state index contributed by atoms with van der Waals surface area (Å²) in [6.07, 6.45) is 6.42. The molecule has 1 aromatic carbocycles. The fourth-order valence-electron chi connectivity index (χ4n) is 3.33. The van der Waals surface area contributed by atoms with Gasteiger partial charge < -0.3 is 14.5 Å². The minimum Gasteiger partial charge on any atom is -0.496 e. The molecule has 1 heterocycles. The highest BCUT2D eigenvalue weighted by atomic mass is 16.5. The minimum atomic E-state index is 0.00923. The van der Waals surface area contributed by atoms with Crippen LogP contribution in [0.15, 0.2) is 18.2 Å². The highest BCUT2D eigenvalue weighted by Gasteiger charge is 2.24. The Balaban J connectivity index is 1.80. The third-order valence-corrected chi connectivity index (χ3v) is 5.07. The zero-order valence-corrected chi connectivity index (χ0v) is 16.4. The number of methoxy groups -OCH3 is 1. The van der Waals surface area contributed by atoms with Crippen LogP contribution in [0, 0.1) is 6.92 Å². The van der Waals surface area contributed by atoms with Gasteiger partial charge in [0.05, 0.1) is 7.11 Å². The molecule has 0 aliphatic carbocycles. The molecule has 0 saturated carbocycles. The lowest BCUT2D eigenvalue weighted by Gasteiger charge is -2.35. The number of nitrogens with zero attached hydrogens (tertiary/aromatic N) is 2. The number of unbranched alkanes of at least 4 members (excludes halogenated alkanes) is 4. The van der Waals surface area contributed by atoms with E-state index in [0.29, 0.717) is 38.2 Å². The van der Waals surface area contributed by atoms with E-state index in [4.69, 9.17) is 4.74 Å². The average molecular weight is 360 g/mol. The van der Waals surface area contributed by atoms with Gasteiger partial charge in [-0.15, -0.1) is 0 Å². The summed E-state index contributed by atoms with van der Waals surface area (Å²) in [5.41, 5.74) is 1.65. The van der Waals surface area contributed by atoms with Crippen molar-refractivity contribution in [2.24, 2.45) is 0 Å². The van der Waals surface area contributed by atoms with Crippen LogP contribution in [0.5, 0.6) is 5.75 Å². The second kappa shape index (κ2) is 10.2. The van der Waals surface area contributed by atoms with E-state index in [1.54, 1.807) is 13.2 Å². The Bertz CT molecular complexity index is 607. The second-order valence-corrected chi connectivity index (χ2v) is 7.02. The second-order valence-electron chi connectivity index (χ2n) is 7.02. The molecule has 2 amide bonds. The fraction of sp³-hybridized carbons (Fsp3) is 0.619. The van der Waals surface area contributed by atoms with Crippen LogP contribution < -0.4 is 4.74 Å². The molecule has 0 unspecified atom stereocenters. The Morgan fingerprint density at radius 1 is 1.00 bits per heavy atom. The molecule has 1 aromatic rings. The van der Waals surface area contributed by atoms with Gasteiger partial charge in [0.1, 0.15) is 5.75 Å². The van der Waals surface area contributed by atoms with E-state index in [1.165, 1.54) is 19.3 Å². The highest BCUT2D eigenvalue weighted by molar-refractivity contribution is 5.95. The molecule has 1 aliphatic heterocycles. The molecular weight excluding hydrogens is 328 g/mol. The van der Waals surface area contributed by atoms with Crippen LogP contribution in [-0.2, 0) is 4.79 Å². The van der Waals surface area contributed by atoms with E-state index in [2.05, 4.69) is 6.92 Å². The Morgan fingerprint density at radius 2 is 1.65 bits per heavy atom. The number of hydrogen-bond donors (Lipinski definition) is 0. The van der Waals surface area contributed by atoms with Gasteiger partial charge in [0.2, 0.25) is 5.91 Å². The van der Waals surface area contributed by atoms with Gasteiger partial charge in [0.25, 0.3) is 5.91 Å². The van der Waals surface area contributed by atoms with Crippen molar-refractivity contribution in [3.63, 3.8) is 0 Å². The van der Waals surface area contributed by atoms with Gasteiger partial charge in [0, 0.05) is 38.2 Å². The Hall–Kier alpha value is -2.04. The third-order valence-electron chi connectivity index (χ3n) is 5.07. The van der Waals surface area contributed by atoms with Gasteiger partial charge in [-0.05, 0) is 31.0 Å². The Kier molecular flexibility index (Phi) is 7.95. The Labute approximate surface area is 157 Å². The van der Waals surface area contributed by atoms with Gasteiger partial charge in [-0.2, -0.15) is 0 Å². The first-order valence-corrected chi connectivity index (χ1v) is 9.78. The van der Waals surface area contributed by atoms with Gasteiger partial charge in [0.15, 0.2) is 0 Å². The number of rotatable bonds is 8. The first kappa shape index (κ1) is 20.3. The van der Waals surface area contributed by atoms with E-state index in [0.717, 1.165) is 24.2 Å². The van der Waals surface area contributed by atoms with Gasteiger partial charge in [-0.1, -0.05) is 38.7 Å². The fourth-order valence-corrected chi connectivity index (χ4v) is 3.33. The van der Waals surface area contributed by atoms with Crippen LogP contribution >= 0.6 is 0 Å². The van der Waals surface area contributed by atoms with Gasteiger partial charge >= 0.3 is 0 Å². The van der Waals surface area contributed by atoms with Crippen LogP contribution in [0.25, 0.3) is 0 Å². The average Bonchev–Trinajstić information content (AvgIpc) is 2.67. The maximum atomic E-state index is 12.7. The molecule has 1 fully saturated rings. The predicted octanol–water partition coefficient (Wildman–Crippen LogP) is 3.65. The van der Waals surface area contributed by atoms with Crippen LogP contribution in [0.2, 0.25) is 0 Å². The van der Waals surface area contributed by atoms with Gasteiger partial charge in [-0.25, -0.2) is 0 Å². The molecule has 0 atom stereocenters. The summed E-state index contributed by atoms with van der Waals surface area (Å²) >= 11 is 0. The summed E-state index contributed by atoms with van der Waals surface area (Å²) in [6, 6.07) is 5.55. The monoisotopic (exact) mass is 360 g/mol. The first-order valence-electron chi connectivity index (χ1n) is 9.78. The summed E-state index contributed by atoms with van der Waals surface area (Å²) in [4.78, 5) is 28.7. The number of ether oxygens (including phenoxy) is 1. The summed E-state index contributed by atoms with van der Waals surface area (Å²) in [6.45, 7) is 6.59. The molecule has 1 saturated heterocycles. The molecule has 26 heavy (non-hydrogen) atoms. The maximum absolute atomic E-state index is 12.7. The van der Waals surface area contributed by atoms with E-state index in [9.17, 15) is 9.59 Å². The summed E-state index contributed by atoms with van der Waals surface area (Å²) in [5, 5.41) is 0. The molecule has 0 radical (unpaired) electrons. The number of hydrogen-bond acceptors (Lipinski definition) is 3. The molecule has 1 aliphatic rings. The molecular formula is C21H32N2O3.